The molecule has 0 saturated carbocycles. The molecule has 2 heterocycles. The molecule has 0 radical (unpaired) electrons. The summed E-state index contributed by atoms with van der Waals surface area (Å²) in [5, 5.41) is 15.0. The second-order valence-corrected chi connectivity index (χ2v) is 10.2. The van der Waals surface area contributed by atoms with E-state index in [1.807, 2.05) is 0 Å². The van der Waals surface area contributed by atoms with E-state index in [9.17, 15) is 18.3 Å². The van der Waals surface area contributed by atoms with Crippen LogP contribution in [0.15, 0.2) is 35.4 Å². The minimum absolute atomic E-state index is 0.127. The Morgan fingerprint density at radius 3 is 2.77 bits per heavy atom. The molecule has 1 fully saturated rings. The molecule has 1 atom stereocenters. The van der Waals surface area contributed by atoms with Crippen LogP contribution in [0.3, 0.4) is 0 Å². The minimum Gasteiger partial charge on any atom is -0.465 e. The first-order chi connectivity index (χ1) is 14.2. The molecule has 162 valence electrons. The molecule has 0 aliphatic carbocycles. The molecule has 0 spiro atoms. The number of likely N-dealkylation sites (tertiary alicyclic amines) is 1. The molecule has 11 heteroatoms. The van der Waals surface area contributed by atoms with Crippen molar-refractivity contribution in [2.45, 2.75) is 42.9 Å². The maximum absolute atomic E-state index is 12.7. The monoisotopic (exact) mass is 453 g/mol. The van der Waals surface area contributed by atoms with Crippen LogP contribution in [0.1, 0.15) is 26.7 Å². The van der Waals surface area contributed by atoms with E-state index < -0.39 is 21.2 Å². The Morgan fingerprint density at radius 1 is 1.33 bits per heavy atom. The van der Waals surface area contributed by atoms with Gasteiger partial charge < -0.3 is 20.6 Å². The number of amides is 1. The SMILES string of the molecule is CC(C)S(=O)(=O)c1ccccc1Nc1nc(NC2CCCN(C(=O)O)C2)ncc1Cl. The first-order valence-corrected chi connectivity index (χ1v) is 11.5. The predicted octanol–water partition coefficient (Wildman–Crippen LogP) is 3.61. The summed E-state index contributed by atoms with van der Waals surface area (Å²) >= 11 is 6.23. The number of piperidine rings is 1. The summed E-state index contributed by atoms with van der Waals surface area (Å²) in [5.74, 6) is 0.537. The number of hydrogen-bond acceptors (Lipinski definition) is 7. The molecule has 1 aliphatic heterocycles. The van der Waals surface area contributed by atoms with Crippen LogP contribution in [-0.4, -0.2) is 58.9 Å². The summed E-state index contributed by atoms with van der Waals surface area (Å²) in [6.07, 6.45) is 1.98. The Labute approximate surface area is 180 Å². The fourth-order valence-electron chi connectivity index (χ4n) is 3.18. The Morgan fingerprint density at radius 2 is 2.07 bits per heavy atom. The van der Waals surface area contributed by atoms with Crippen LogP contribution >= 0.6 is 11.6 Å². The number of para-hydroxylation sites is 1. The van der Waals surface area contributed by atoms with Crippen molar-refractivity contribution in [2.75, 3.05) is 23.7 Å². The highest BCUT2D eigenvalue weighted by Gasteiger charge is 2.25. The molecular formula is C19H24ClN5O4S. The molecule has 0 bridgehead atoms. The third-order valence-electron chi connectivity index (χ3n) is 4.84. The first-order valence-electron chi connectivity index (χ1n) is 9.55. The smallest absolute Gasteiger partial charge is 0.407 e. The van der Waals surface area contributed by atoms with E-state index in [0.29, 0.717) is 18.8 Å². The molecule has 1 unspecified atom stereocenters. The van der Waals surface area contributed by atoms with Crippen molar-refractivity contribution < 1.29 is 18.3 Å². The van der Waals surface area contributed by atoms with Crippen LogP contribution in [0.4, 0.5) is 22.2 Å². The molecule has 1 amide bonds. The van der Waals surface area contributed by atoms with Crippen molar-refractivity contribution in [3.8, 4) is 0 Å². The fourth-order valence-corrected chi connectivity index (χ4v) is 4.52. The number of halogens is 1. The summed E-state index contributed by atoms with van der Waals surface area (Å²) in [6.45, 7) is 4.08. The van der Waals surface area contributed by atoms with Gasteiger partial charge in [0.15, 0.2) is 15.7 Å². The van der Waals surface area contributed by atoms with Gasteiger partial charge in [-0.05, 0) is 38.8 Å². The van der Waals surface area contributed by atoms with Crippen LogP contribution in [0.5, 0.6) is 0 Å². The topological polar surface area (TPSA) is 125 Å². The average Bonchev–Trinajstić information content (AvgIpc) is 2.71. The van der Waals surface area contributed by atoms with Gasteiger partial charge in [-0.15, -0.1) is 0 Å². The number of hydrogen-bond donors (Lipinski definition) is 3. The highest BCUT2D eigenvalue weighted by Crippen LogP contribution is 2.30. The number of rotatable bonds is 6. The van der Waals surface area contributed by atoms with E-state index in [4.69, 9.17) is 11.6 Å². The van der Waals surface area contributed by atoms with Gasteiger partial charge in [-0.1, -0.05) is 23.7 Å². The number of nitrogens with zero attached hydrogens (tertiary/aromatic N) is 3. The lowest BCUT2D eigenvalue weighted by atomic mass is 10.1. The Hall–Kier alpha value is -2.59. The standard InChI is InChI=1S/C19H24ClN5O4S/c1-12(2)30(28,29)16-8-4-3-7-15(16)23-17-14(20)10-21-18(24-17)22-13-6-5-9-25(11-13)19(26)27/h3-4,7-8,10,12-13H,5-6,9,11H2,1-2H3,(H,26,27)(H2,21,22,23,24). The normalized spacial score (nSPS) is 17.1. The maximum atomic E-state index is 12.7. The number of sulfone groups is 1. The van der Waals surface area contributed by atoms with E-state index in [-0.39, 0.29) is 27.7 Å². The van der Waals surface area contributed by atoms with Gasteiger partial charge in [-0.25, -0.2) is 18.2 Å². The average molecular weight is 454 g/mol. The van der Waals surface area contributed by atoms with Gasteiger partial charge in [0.1, 0.15) is 5.02 Å². The Bertz CT molecular complexity index is 1030. The molecule has 3 N–H and O–H groups in total. The van der Waals surface area contributed by atoms with Gasteiger partial charge in [-0.3, -0.25) is 0 Å². The summed E-state index contributed by atoms with van der Waals surface area (Å²) in [6, 6.07) is 6.43. The van der Waals surface area contributed by atoms with Gasteiger partial charge >= 0.3 is 6.09 Å². The van der Waals surface area contributed by atoms with Crippen molar-refractivity contribution in [1.29, 1.82) is 0 Å². The molecule has 9 nitrogen and oxygen atoms in total. The zero-order chi connectivity index (χ0) is 21.9. The molecule has 3 rings (SSSR count). The van der Waals surface area contributed by atoms with Crippen LogP contribution in [0.2, 0.25) is 5.02 Å². The van der Waals surface area contributed by atoms with E-state index >= 15 is 0 Å². The van der Waals surface area contributed by atoms with Crippen LogP contribution in [-0.2, 0) is 9.84 Å². The van der Waals surface area contributed by atoms with Gasteiger partial charge in [0, 0.05) is 19.1 Å². The molecular weight excluding hydrogens is 430 g/mol. The van der Waals surface area contributed by atoms with E-state index in [1.54, 1.807) is 32.0 Å². The molecule has 2 aromatic rings. The third-order valence-corrected chi connectivity index (χ3v) is 7.32. The van der Waals surface area contributed by atoms with Crippen LogP contribution in [0.25, 0.3) is 0 Å². The van der Waals surface area contributed by atoms with Crippen molar-refractivity contribution in [3.63, 3.8) is 0 Å². The quantitative estimate of drug-likeness (QED) is 0.605. The van der Waals surface area contributed by atoms with E-state index in [1.165, 1.54) is 17.2 Å². The van der Waals surface area contributed by atoms with Gasteiger partial charge in [-0.2, -0.15) is 4.98 Å². The lowest BCUT2D eigenvalue weighted by molar-refractivity contribution is 0.132. The Balaban J connectivity index is 1.83. The summed E-state index contributed by atoms with van der Waals surface area (Å²) in [7, 11) is -3.51. The number of carboxylic acid groups (broad SMARTS) is 1. The van der Waals surface area contributed by atoms with E-state index in [0.717, 1.165) is 12.8 Å². The van der Waals surface area contributed by atoms with Crippen molar-refractivity contribution in [3.05, 3.63) is 35.5 Å². The first kappa shape index (κ1) is 22.1. The van der Waals surface area contributed by atoms with Gasteiger partial charge in [0.25, 0.3) is 0 Å². The highest BCUT2D eigenvalue weighted by atomic mass is 35.5. The predicted molar refractivity (Wildman–Crippen MR) is 115 cm³/mol. The highest BCUT2D eigenvalue weighted by molar-refractivity contribution is 7.92. The van der Waals surface area contributed by atoms with Crippen LogP contribution < -0.4 is 10.6 Å². The number of anilines is 3. The number of benzene rings is 1. The lowest BCUT2D eigenvalue weighted by Gasteiger charge is -2.31. The number of aromatic nitrogens is 2. The van der Waals surface area contributed by atoms with Gasteiger partial charge in [0.2, 0.25) is 5.95 Å². The summed E-state index contributed by atoms with van der Waals surface area (Å²) in [4.78, 5) is 21.3. The number of nitrogens with one attached hydrogen (secondary N) is 2. The summed E-state index contributed by atoms with van der Waals surface area (Å²) < 4.78 is 25.3. The number of carbonyl (C=O) groups is 1. The van der Waals surface area contributed by atoms with E-state index in [2.05, 4.69) is 20.6 Å². The molecule has 1 aliphatic rings. The third kappa shape index (κ3) is 4.93. The van der Waals surface area contributed by atoms with Crippen LogP contribution in [0, 0.1) is 0 Å². The zero-order valence-corrected chi connectivity index (χ0v) is 18.2. The summed E-state index contributed by atoms with van der Waals surface area (Å²) in [5.41, 5.74) is 0.368. The van der Waals surface area contributed by atoms with Crippen molar-refractivity contribution >= 4 is 45.0 Å². The minimum atomic E-state index is -3.51. The second-order valence-electron chi connectivity index (χ2n) is 7.32. The van der Waals surface area contributed by atoms with Crippen molar-refractivity contribution in [1.82, 2.24) is 14.9 Å². The Kier molecular flexibility index (Phi) is 6.67. The molecule has 1 saturated heterocycles. The molecule has 30 heavy (non-hydrogen) atoms. The second kappa shape index (κ2) is 9.05. The van der Waals surface area contributed by atoms with Crippen molar-refractivity contribution in [2.24, 2.45) is 0 Å². The lowest BCUT2D eigenvalue weighted by Crippen LogP contribution is -2.44. The fraction of sp³-hybridized carbons (Fsp3) is 0.421. The molecule has 1 aromatic carbocycles. The van der Waals surface area contributed by atoms with Gasteiger partial charge in [0.05, 0.1) is 22.0 Å². The molecule has 1 aromatic heterocycles. The zero-order valence-electron chi connectivity index (χ0n) is 16.7. The largest absolute Gasteiger partial charge is 0.465 e. The maximum Gasteiger partial charge on any atom is 0.407 e.